The van der Waals surface area contributed by atoms with Crippen molar-refractivity contribution in [2.24, 2.45) is 0 Å². The molecular formula is C15H20F2N2O2. The van der Waals surface area contributed by atoms with Crippen LogP contribution in [0.4, 0.5) is 8.78 Å². The lowest BCUT2D eigenvalue weighted by molar-refractivity contribution is -0.137. The lowest BCUT2D eigenvalue weighted by Gasteiger charge is -2.45. The van der Waals surface area contributed by atoms with Gasteiger partial charge in [-0.3, -0.25) is 9.69 Å². The van der Waals surface area contributed by atoms with Crippen molar-refractivity contribution in [2.75, 3.05) is 20.6 Å². The number of carbonyl (C=O) groups excluding carboxylic acids is 1. The molecule has 1 amide bonds. The molecule has 1 fully saturated rings. The van der Waals surface area contributed by atoms with Gasteiger partial charge in [0.05, 0.1) is 11.1 Å². The largest absolute Gasteiger partial charge is 0.386 e. The van der Waals surface area contributed by atoms with Crippen LogP contribution in [0.3, 0.4) is 0 Å². The summed E-state index contributed by atoms with van der Waals surface area (Å²) < 4.78 is 27.1. The van der Waals surface area contributed by atoms with E-state index in [9.17, 15) is 18.7 Å². The minimum absolute atomic E-state index is 0.213. The normalized spacial score (nSPS) is 18.2. The fraction of sp³-hybridized carbons (Fsp3) is 0.533. The van der Waals surface area contributed by atoms with E-state index in [2.05, 4.69) is 5.32 Å². The van der Waals surface area contributed by atoms with E-state index in [4.69, 9.17) is 0 Å². The Bertz CT molecular complexity index is 510. The number of hydrogen-bond donors (Lipinski definition) is 2. The van der Waals surface area contributed by atoms with Crippen LogP contribution in [0.5, 0.6) is 0 Å². The number of likely N-dealkylation sites (N-methyl/N-ethyl adjacent to an activating group) is 1. The molecular weight excluding hydrogens is 278 g/mol. The Morgan fingerprint density at radius 3 is 2.38 bits per heavy atom. The highest BCUT2D eigenvalue weighted by molar-refractivity contribution is 5.87. The molecule has 4 nitrogen and oxygen atoms in total. The van der Waals surface area contributed by atoms with Crippen LogP contribution in [-0.2, 0) is 4.79 Å². The summed E-state index contributed by atoms with van der Waals surface area (Å²) >= 11 is 0. The molecule has 1 aromatic carbocycles. The number of nitrogens with one attached hydrogen (secondary N) is 1. The fourth-order valence-corrected chi connectivity index (χ4v) is 2.67. The Labute approximate surface area is 122 Å². The maximum Gasteiger partial charge on any atom is 0.240 e. The van der Waals surface area contributed by atoms with E-state index in [1.807, 2.05) is 19.0 Å². The molecule has 0 radical (unpaired) electrons. The van der Waals surface area contributed by atoms with Crippen molar-refractivity contribution in [1.82, 2.24) is 10.2 Å². The van der Waals surface area contributed by atoms with Crippen molar-refractivity contribution in [3.8, 4) is 0 Å². The van der Waals surface area contributed by atoms with Crippen LogP contribution in [0.25, 0.3) is 0 Å². The second-order valence-electron chi connectivity index (χ2n) is 5.64. The summed E-state index contributed by atoms with van der Waals surface area (Å²) in [6.45, 7) is -0.216. The summed E-state index contributed by atoms with van der Waals surface area (Å²) in [6, 6.07) is 3.39. The number of amides is 1. The molecule has 1 atom stereocenters. The van der Waals surface area contributed by atoms with Gasteiger partial charge in [0.15, 0.2) is 0 Å². The average Bonchev–Trinajstić information content (AvgIpc) is 2.34. The SMILES string of the molecule is CN(C)C1(C(=O)NCC(O)c2c(F)cccc2F)CCC1. The zero-order valence-electron chi connectivity index (χ0n) is 12.2. The monoisotopic (exact) mass is 298 g/mol. The van der Waals surface area contributed by atoms with Crippen LogP contribution in [-0.4, -0.2) is 42.1 Å². The number of hydrogen-bond acceptors (Lipinski definition) is 3. The summed E-state index contributed by atoms with van der Waals surface area (Å²) in [5, 5.41) is 12.5. The van der Waals surface area contributed by atoms with Gasteiger partial charge in [0, 0.05) is 6.54 Å². The maximum absolute atomic E-state index is 13.5. The molecule has 1 aromatic rings. The minimum atomic E-state index is -1.41. The third-order valence-corrected chi connectivity index (χ3v) is 4.25. The molecule has 116 valence electrons. The summed E-state index contributed by atoms with van der Waals surface area (Å²) in [4.78, 5) is 14.1. The molecule has 21 heavy (non-hydrogen) atoms. The van der Waals surface area contributed by atoms with E-state index in [1.54, 1.807) is 0 Å². The summed E-state index contributed by atoms with van der Waals surface area (Å²) in [5.41, 5.74) is -0.974. The van der Waals surface area contributed by atoms with E-state index >= 15 is 0 Å². The molecule has 6 heteroatoms. The van der Waals surface area contributed by atoms with Gasteiger partial charge in [-0.2, -0.15) is 0 Å². The van der Waals surface area contributed by atoms with Gasteiger partial charge in [0.2, 0.25) is 5.91 Å². The number of halogens is 2. The highest BCUT2D eigenvalue weighted by Crippen LogP contribution is 2.36. The van der Waals surface area contributed by atoms with Crippen molar-refractivity contribution in [2.45, 2.75) is 30.9 Å². The molecule has 0 saturated heterocycles. The van der Waals surface area contributed by atoms with E-state index in [1.165, 1.54) is 6.07 Å². The van der Waals surface area contributed by atoms with Crippen molar-refractivity contribution in [1.29, 1.82) is 0 Å². The molecule has 0 aromatic heterocycles. The summed E-state index contributed by atoms with van der Waals surface area (Å²) in [5.74, 6) is -1.85. The number of aliphatic hydroxyl groups is 1. The molecule has 1 saturated carbocycles. The Balaban J connectivity index is 2.01. The topological polar surface area (TPSA) is 52.6 Å². The first-order valence-corrected chi connectivity index (χ1v) is 6.96. The molecule has 0 aliphatic heterocycles. The molecule has 0 bridgehead atoms. The van der Waals surface area contributed by atoms with Gasteiger partial charge in [0.25, 0.3) is 0 Å². The molecule has 0 heterocycles. The average molecular weight is 298 g/mol. The van der Waals surface area contributed by atoms with Crippen LogP contribution < -0.4 is 5.32 Å². The van der Waals surface area contributed by atoms with E-state index < -0.39 is 28.8 Å². The van der Waals surface area contributed by atoms with Crippen molar-refractivity contribution in [3.05, 3.63) is 35.4 Å². The van der Waals surface area contributed by atoms with Crippen LogP contribution in [0.1, 0.15) is 30.9 Å². The Kier molecular flexibility index (Phi) is 4.58. The lowest BCUT2D eigenvalue weighted by Crippen LogP contribution is -2.60. The number of carbonyl (C=O) groups is 1. The van der Waals surface area contributed by atoms with E-state index in [-0.39, 0.29) is 12.5 Å². The molecule has 2 N–H and O–H groups in total. The van der Waals surface area contributed by atoms with Gasteiger partial charge in [0.1, 0.15) is 17.7 Å². The van der Waals surface area contributed by atoms with Crippen LogP contribution in [0.2, 0.25) is 0 Å². The minimum Gasteiger partial charge on any atom is -0.386 e. The Hall–Kier alpha value is -1.53. The predicted octanol–water partition coefficient (Wildman–Crippen LogP) is 1.60. The summed E-state index contributed by atoms with van der Waals surface area (Å²) in [7, 11) is 3.65. The van der Waals surface area contributed by atoms with Crippen molar-refractivity contribution in [3.63, 3.8) is 0 Å². The summed E-state index contributed by atoms with van der Waals surface area (Å²) in [6.07, 6.45) is 1.05. The maximum atomic E-state index is 13.5. The van der Waals surface area contributed by atoms with Crippen LogP contribution >= 0.6 is 0 Å². The fourth-order valence-electron chi connectivity index (χ4n) is 2.67. The third-order valence-electron chi connectivity index (χ3n) is 4.25. The van der Waals surface area contributed by atoms with Crippen molar-refractivity contribution >= 4 is 5.91 Å². The second kappa shape index (κ2) is 6.07. The first kappa shape index (κ1) is 15.9. The molecule has 1 aliphatic rings. The third kappa shape index (κ3) is 2.91. The van der Waals surface area contributed by atoms with Crippen molar-refractivity contribution < 1.29 is 18.7 Å². The molecule has 1 unspecified atom stereocenters. The lowest BCUT2D eigenvalue weighted by atomic mass is 9.75. The zero-order chi connectivity index (χ0) is 15.6. The van der Waals surface area contributed by atoms with Gasteiger partial charge in [-0.15, -0.1) is 0 Å². The Morgan fingerprint density at radius 2 is 1.95 bits per heavy atom. The van der Waals surface area contributed by atoms with E-state index in [0.717, 1.165) is 31.4 Å². The number of benzene rings is 1. The highest BCUT2D eigenvalue weighted by Gasteiger charge is 2.46. The smallest absolute Gasteiger partial charge is 0.240 e. The van der Waals surface area contributed by atoms with E-state index in [0.29, 0.717) is 0 Å². The first-order chi connectivity index (χ1) is 9.88. The molecule has 1 aliphatic carbocycles. The number of nitrogens with zero attached hydrogens (tertiary/aromatic N) is 1. The van der Waals surface area contributed by atoms with Gasteiger partial charge >= 0.3 is 0 Å². The molecule has 0 spiro atoms. The zero-order valence-corrected chi connectivity index (χ0v) is 12.2. The number of rotatable bonds is 5. The van der Waals surface area contributed by atoms with Crippen LogP contribution in [0, 0.1) is 11.6 Å². The van der Waals surface area contributed by atoms with Gasteiger partial charge < -0.3 is 10.4 Å². The van der Waals surface area contributed by atoms with Gasteiger partial charge in [-0.05, 0) is 45.5 Å². The Morgan fingerprint density at radius 1 is 1.38 bits per heavy atom. The predicted molar refractivity (Wildman–Crippen MR) is 74.6 cm³/mol. The van der Waals surface area contributed by atoms with Gasteiger partial charge in [-0.25, -0.2) is 8.78 Å². The molecule has 2 rings (SSSR count). The van der Waals surface area contributed by atoms with Crippen LogP contribution in [0.15, 0.2) is 18.2 Å². The van der Waals surface area contributed by atoms with Gasteiger partial charge in [-0.1, -0.05) is 6.07 Å². The second-order valence-corrected chi connectivity index (χ2v) is 5.64. The first-order valence-electron chi connectivity index (χ1n) is 6.96. The highest BCUT2D eigenvalue weighted by atomic mass is 19.1. The quantitative estimate of drug-likeness (QED) is 0.868. The standard InChI is InChI=1S/C15H20F2N2O2/c1-19(2)15(7-4-8-15)14(21)18-9-12(20)13-10(16)5-3-6-11(13)17/h3,5-6,12,20H,4,7-9H2,1-2H3,(H,18,21). The number of aliphatic hydroxyl groups excluding tert-OH is 1.